The number of aliphatic imine (C=N–C) groups is 1. The van der Waals surface area contributed by atoms with Crippen molar-refractivity contribution in [2.24, 2.45) is 10.7 Å². The molecule has 0 aromatic heterocycles. The molecule has 1 aromatic carbocycles. The smallest absolute Gasteiger partial charge is 0.406 e. The monoisotopic (exact) mass is 399 g/mol. The van der Waals surface area contributed by atoms with Crippen molar-refractivity contribution in [1.29, 1.82) is 0 Å². The molecule has 1 aromatic rings. The van der Waals surface area contributed by atoms with Crippen LogP contribution < -0.4 is 21.1 Å². The third kappa shape index (κ3) is 6.39. The molecule has 10 heteroatoms. The molecule has 0 amide bonds. The normalized spacial score (nSPS) is 23.1. The number of hydrogen-bond acceptors (Lipinski definition) is 7. The lowest BCUT2D eigenvalue weighted by Gasteiger charge is -2.30. The first kappa shape index (κ1) is 20.4. The molecule has 3 rings (SSSR count). The van der Waals surface area contributed by atoms with Crippen LogP contribution in [0.5, 0.6) is 5.75 Å². The summed E-state index contributed by atoms with van der Waals surface area (Å²) in [6, 6.07) is 5.54. The van der Waals surface area contributed by atoms with Gasteiger partial charge in [0.2, 0.25) is 5.96 Å². The second kappa shape index (κ2) is 8.80. The van der Waals surface area contributed by atoms with Crippen molar-refractivity contribution >= 4 is 11.6 Å². The van der Waals surface area contributed by atoms with Gasteiger partial charge in [-0.3, -0.25) is 4.90 Å². The summed E-state index contributed by atoms with van der Waals surface area (Å²) in [4.78, 5) is 6.80. The van der Waals surface area contributed by atoms with Crippen molar-refractivity contribution in [1.82, 2.24) is 10.2 Å². The summed E-state index contributed by atoms with van der Waals surface area (Å²) in [7, 11) is 0. The minimum Gasteiger partial charge on any atom is -0.406 e. The molecule has 0 saturated carbocycles. The zero-order valence-electron chi connectivity index (χ0n) is 15.3. The van der Waals surface area contributed by atoms with Gasteiger partial charge in [0.15, 0.2) is 0 Å². The van der Waals surface area contributed by atoms with E-state index in [0.717, 1.165) is 39.3 Å². The second-order valence-electron chi connectivity index (χ2n) is 6.69. The van der Waals surface area contributed by atoms with Gasteiger partial charge in [-0.05, 0) is 37.6 Å². The standard InChI is InChI=1S/C18H24F3N5O2/c19-18(20,21)28-15-4-1-3-14(13-15)24-16-23-7-6-17(22,25-16)5-2-8-26-9-11-27-12-10-26/h1,3-4,6-7,13H,2,5,8-12,22H2,(H2,23,24,25). The average Bonchev–Trinajstić information content (AvgIpc) is 2.61. The summed E-state index contributed by atoms with van der Waals surface area (Å²) >= 11 is 0. The van der Waals surface area contributed by atoms with E-state index in [1.165, 1.54) is 18.2 Å². The Morgan fingerprint density at radius 3 is 2.86 bits per heavy atom. The van der Waals surface area contributed by atoms with Crippen LogP contribution in [0.3, 0.4) is 0 Å². The molecule has 1 fully saturated rings. The molecule has 0 radical (unpaired) electrons. The number of halogens is 3. The van der Waals surface area contributed by atoms with E-state index in [1.54, 1.807) is 18.3 Å². The molecule has 0 spiro atoms. The number of nitrogens with zero attached hydrogens (tertiary/aromatic N) is 2. The Morgan fingerprint density at radius 2 is 2.11 bits per heavy atom. The van der Waals surface area contributed by atoms with Gasteiger partial charge in [0, 0.05) is 31.0 Å². The quantitative estimate of drug-likeness (QED) is 0.681. The Bertz CT molecular complexity index is 719. The number of anilines is 1. The van der Waals surface area contributed by atoms with Crippen LogP contribution in [0.25, 0.3) is 0 Å². The predicted octanol–water partition coefficient (Wildman–Crippen LogP) is 2.24. The highest BCUT2D eigenvalue weighted by Gasteiger charge is 2.31. The minimum absolute atomic E-state index is 0.311. The summed E-state index contributed by atoms with van der Waals surface area (Å²) in [5.74, 6) is 0.0505. The Hall–Kier alpha value is -2.30. The first-order valence-electron chi connectivity index (χ1n) is 9.07. The van der Waals surface area contributed by atoms with Crippen molar-refractivity contribution in [2.75, 3.05) is 38.2 Å². The number of hydrogen-bond donors (Lipinski definition) is 3. The highest BCUT2D eigenvalue weighted by molar-refractivity contribution is 5.95. The minimum atomic E-state index is -4.74. The van der Waals surface area contributed by atoms with Gasteiger partial charge in [0.1, 0.15) is 11.4 Å². The molecule has 2 heterocycles. The van der Waals surface area contributed by atoms with E-state index in [-0.39, 0.29) is 5.75 Å². The lowest BCUT2D eigenvalue weighted by molar-refractivity contribution is -0.274. The third-order valence-corrected chi connectivity index (χ3v) is 4.40. The first-order valence-corrected chi connectivity index (χ1v) is 9.07. The topological polar surface area (TPSA) is 84.1 Å². The van der Waals surface area contributed by atoms with Crippen LogP contribution in [-0.4, -0.2) is 55.7 Å². The third-order valence-electron chi connectivity index (χ3n) is 4.40. The zero-order chi connectivity index (χ0) is 20.0. The van der Waals surface area contributed by atoms with Crippen molar-refractivity contribution < 1.29 is 22.6 Å². The van der Waals surface area contributed by atoms with Crippen LogP contribution in [-0.2, 0) is 4.74 Å². The molecule has 0 bridgehead atoms. The molecule has 1 saturated heterocycles. The van der Waals surface area contributed by atoms with Gasteiger partial charge < -0.3 is 25.8 Å². The van der Waals surface area contributed by atoms with Crippen LogP contribution in [0.2, 0.25) is 0 Å². The van der Waals surface area contributed by atoms with E-state index in [4.69, 9.17) is 10.5 Å². The molecule has 1 unspecified atom stereocenters. The van der Waals surface area contributed by atoms with E-state index in [0.29, 0.717) is 18.1 Å². The first-order chi connectivity index (χ1) is 13.3. The summed E-state index contributed by atoms with van der Waals surface area (Å²) in [5.41, 5.74) is 5.89. The van der Waals surface area contributed by atoms with Crippen molar-refractivity contribution in [3.8, 4) is 5.75 Å². The fraction of sp³-hybridized carbons (Fsp3) is 0.500. The molecular formula is C18H24F3N5O2. The fourth-order valence-electron chi connectivity index (χ4n) is 3.06. The maximum atomic E-state index is 12.4. The van der Waals surface area contributed by atoms with Crippen LogP contribution in [0.4, 0.5) is 18.9 Å². The van der Waals surface area contributed by atoms with Gasteiger partial charge >= 0.3 is 6.36 Å². The number of ether oxygens (including phenoxy) is 2. The Morgan fingerprint density at radius 1 is 1.32 bits per heavy atom. The van der Waals surface area contributed by atoms with Crippen molar-refractivity contribution in [3.05, 3.63) is 36.5 Å². The molecule has 0 aliphatic carbocycles. The Kier molecular flexibility index (Phi) is 6.42. The van der Waals surface area contributed by atoms with Crippen molar-refractivity contribution in [2.45, 2.75) is 24.9 Å². The van der Waals surface area contributed by atoms with Crippen LogP contribution in [0.15, 0.2) is 41.5 Å². The van der Waals surface area contributed by atoms with Crippen LogP contribution >= 0.6 is 0 Å². The number of morpholine rings is 1. The Balaban J connectivity index is 1.56. The van der Waals surface area contributed by atoms with E-state index in [9.17, 15) is 13.2 Å². The lowest BCUT2D eigenvalue weighted by Crippen LogP contribution is -2.44. The van der Waals surface area contributed by atoms with E-state index < -0.39 is 12.0 Å². The number of nitrogens with one attached hydrogen (secondary N) is 2. The lowest BCUT2D eigenvalue weighted by atomic mass is 10.0. The predicted molar refractivity (Wildman–Crippen MR) is 99.9 cm³/mol. The summed E-state index contributed by atoms with van der Waals surface area (Å²) in [6.07, 6.45) is 0.229. The molecule has 7 nitrogen and oxygen atoms in total. The van der Waals surface area contributed by atoms with Crippen LogP contribution in [0, 0.1) is 0 Å². The molecule has 4 N–H and O–H groups in total. The molecule has 28 heavy (non-hydrogen) atoms. The summed E-state index contributed by atoms with van der Waals surface area (Å²) < 4.78 is 46.4. The van der Waals surface area contributed by atoms with Crippen molar-refractivity contribution in [3.63, 3.8) is 0 Å². The van der Waals surface area contributed by atoms with Gasteiger partial charge in [-0.25, -0.2) is 4.99 Å². The molecule has 1 atom stereocenters. The summed E-state index contributed by atoms with van der Waals surface area (Å²) in [6.45, 7) is 4.25. The maximum absolute atomic E-state index is 12.4. The molecular weight excluding hydrogens is 375 g/mol. The number of rotatable bonds is 6. The molecule has 154 valence electrons. The van der Waals surface area contributed by atoms with Gasteiger partial charge in [0.25, 0.3) is 0 Å². The summed E-state index contributed by atoms with van der Waals surface area (Å²) in [5, 5.41) is 5.85. The highest BCUT2D eigenvalue weighted by atomic mass is 19.4. The van der Waals surface area contributed by atoms with E-state index >= 15 is 0 Å². The second-order valence-corrected chi connectivity index (χ2v) is 6.69. The van der Waals surface area contributed by atoms with E-state index in [1.807, 2.05) is 0 Å². The largest absolute Gasteiger partial charge is 0.573 e. The molecule has 2 aliphatic rings. The number of alkyl halides is 3. The molecule has 2 aliphatic heterocycles. The maximum Gasteiger partial charge on any atom is 0.573 e. The SMILES string of the molecule is NC1(CCCN2CCOCC2)C=CNC(Nc2cccc(OC(F)(F)F)c2)=N1. The Labute approximate surface area is 161 Å². The average molecular weight is 399 g/mol. The fourth-order valence-corrected chi connectivity index (χ4v) is 3.06. The van der Waals surface area contributed by atoms with Gasteiger partial charge in [-0.1, -0.05) is 6.07 Å². The van der Waals surface area contributed by atoms with Gasteiger partial charge in [0.05, 0.1) is 13.2 Å². The van der Waals surface area contributed by atoms with Crippen LogP contribution in [0.1, 0.15) is 12.8 Å². The highest BCUT2D eigenvalue weighted by Crippen LogP contribution is 2.25. The number of benzene rings is 1. The van der Waals surface area contributed by atoms with Gasteiger partial charge in [-0.2, -0.15) is 0 Å². The van der Waals surface area contributed by atoms with E-state index in [2.05, 4.69) is 25.3 Å². The number of nitrogens with two attached hydrogens (primary N) is 1. The van der Waals surface area contributed by atoms with Gasteiger partial charge in [-0.15, -0.1) is 13.2 Å². The number of guanidine groups is 1. The zero-order valence-corrected chi connectivity index (χ0v) is 15.3.